The molecule has 0 amide bonds. The van der Waals surface area contributed by atoms with E-state index in [1.165, 1.54) is 16.4 Å². The van der Waals surface area contributed by atoms with Crippen LogP contribution in [0.2, 0.25) is 0 Å². The van der Waals surface area contributed by atoms with E-state index in [2.05, 4.69) is 9.88 Å². The van der Waals surface area contributed by atoms with E-state index in [1.807, 2.05) is 24.4 Å². The van der Waals surface area contributed by atoms with Crippen molar-refractivity contribution >= 4 is 10.0 Å². The first-order chi connectivity index (χ1) is 11.6. The van der Waals surface area contributed by atoms with Gasteiger partial charge in [-0.25, -0.2) is 8.42 Å². The van der Waals surface area contributed by atoms with Gasteiger partial charge in [-0.3, -0.25) is 9.88 Å². The van der Waals surface area contributed by atoms with Gasteiger partial charge in [0.15, 0.2) is 0 Å². The zero-order chi connectivity index (χ0) is 17.0. The monoisotopic (exact) mass is 342 g/mol. The average molecular weight is 342 g/mol. The lowest BCUT2D eigenvalue weighted by atomic mass is 10.2. The van der Waals surface area contributed by atoms with Crippen molar-refractivity contribution in [2.45, 2.75) is 11.4 Å². The maximum Gasteiger partial charge on any atom is 0.243 e. The van der Waals surface area contributed by atoms with Crippen LogP contribution in [0.15, 0.2) is 53.7 Å². The maximum absolute atomic E-state index is 12.7. The van der Waals surface area contributed by atoms with Crippen molar-refractivity contribution in [3.8, 4) is 6.07 Å². The Balaban J connectivity index is 1.66. The summed E-state index contributed by atoms with van der Waals surface area (Å²) in [4.78, 5) is 6.50. The summed E-state index contributed by atoms with van der Waals surface area (Å²) in [5.41, 5.74) is 1.47. The van der Waals surface area contributed by atoms with Crippen molar-refractivity contribution in [3.05, 3.63) is 59.9 Å². The largest absolute Gasteiger partial charge is 0.296 e. The topological polar surface area (TPSA) is 77.3 Å². The summed E-state index contributed by atoms with van der Waals surface area (Å²) < 4.78 is 26.9. The van der Waals surface area contributed by atoms with Crippen molar-refractivity contribution in [1.29, 1.82) is 5.26 Å². The first-order valence-corrected chi connectivity index (χ1v) is 9.15. The van der Waals surface area contributed by atoms with Crippen LogP contribution in [0, 0.1) is 11.3 Å². The van der Waals surface area contributed by atoms with E-state index in [0.29, 0.717) is 31.7 Å². The molecule has 124 valence electrons. The molecule has 1 aromatic heterocycles. The number of hydrogen-bond donors (Lipinski definition) is 0. The molecule has 0 aliphatic carbocycles. The SMILES string of the molecule is N#Cc1cccc(S(=O)(=O)N2CCN(Cc3cccnc3)CC2)c1. The molecule has 0 N–H and O–H groups in total. The molecule has 1 saturated heterocycles. The third kappa shape index (κ3) is 3.62. The van der Waals surface area contributed by atoms with E-state index in [0.717, 1.165) is 12.1 Å². The molecule has 1 fully saturated rings. The Labute approximate surface area is 142 Å². The summed E-state index contributed by atoms with van der Waals surface area (Å²) in [6, 6.07) is 12.1. The summed E-state index contributed by atoms with van der Waals surface area (Å²) in [7, 11) is -3.55. The minimum absolute atomic E-state index is 0.183. The highest BCUT2D eigenvalue weighted by Crippen LogP contribution is 2.19. The van der Waals surface area contributed by atoms with Gasteiger partial charge in [0.25, 0.3) is 0 Å². The van der Waals surface area contributed by atoms with Crippen LogP contribution in [0.25, 0.3) is 0 Å². The lowest BCUT2D eigenvalue weighted by Crippen LogP contribution is -2.48. The minimum Gasteiger partial charge on any atom is -0.296 e. The number of rotatable bonds is 4. The Morgan fingerprint density at radius 3 is 2.58 bits per heavy atom. The number of nitrogens with zero attached hydrogens (tertiary/aromatic N) is 4. The Morgan fingerprint density at radius 2 is 1.92 bits per heavy atom. The fourth-order valence-electron chi connectivity index (χ4n) is 2.75. The van der Waals surface area contributed by atoms with Crippen LogP contribution in [0.1, 0.15) is 11.1 Å². The highest BCUT2D eigenvalue weighted by molar-refractivity contribution is 7.89. The van der Waals surface area contributed by atoms with Crippen molar-refractivity contribution in [2.24, 2.45) is 0 Å². The molecule has 0 radical (unpaired) electrons. The number of pyridine rings is 1. The van der Waals surface area contributed by atoms with Gasteiger partial charge in [-0.05, 0) is 29.8 Å². The molecule has 0 saturated carbocycles. The summed E-state index contributed by atoms with van der Waals surface area (Å²) in [5.74, 6) is 0. The van der Waals surface area contributed by atoms with Crippen LogP contribution in [0.3, 0.4) is 0 Å². The average Bonchev–Trinajstić information content (AvgIpc) is 2.63. The van der Waals surface area contributed by atoms with Gasteiger partial charge < -0.3 is 0 Å². The Morgan fingerprint density at radius 1 is 1.12 bits per heavy atom. The summed E-state index contributed by atoms with van der Waals surface area (Å²) in [6.45, 7) is 3.00. The molecule has 2 heterocycles. The zero-order valence-electron chi connectivity index (χ0n) is 13.2. The Kier molecular flexibility index (Phi) is 4.90. The molecule has 2 aromatic rings. The Hall–Kier alpha value is -2.27. The standard InChI is InChI=1S/C17H18N4O2S/c18-12-15-3-1-5-17(11-15)24(22,23)21-9-7-20(8-10-21)14-16-4-2-6-19-13-16/h1-6,11,13H,7-10,14H2. The highest BCUT2D eigenvalue weighted by Gasteiger charge is 2.28. The van der Waals surface area contributed by atoms with E-state index in [9.17, 15) is 8.42 Å². The maximum atomic E-state index is 12.7. The summed E-state index contributed by atoms with van der Waals surface area (Å²) >= 11 is 0. The quantitative estimate of drug-likeness (QED) is 0.841. The molecule has 1 aromatic carbocycles. The van der Waals surface area contributed by atoms with Crippen LogP contribution >= 0.6 is 0 Å². The van der Waals surface area contributed by atoms with Gasteiger partial charge in [-0.1, -0.05) is 12.1 Å². The summed E-state index contributed by atoms with van der Waals surface area (Å²) in [5, 5.41) is 8.94. The third-order valence-corrected chi connectivity index (χ3v) is 5.96. The molecule has 24 heavy (non-hydrogen) atoms. The van der Waals surface area contributed by atoms with Gasteiger partial charge >= 0.3 is 0 Å². The molecule has 1 aliphatic heterocycles. The lowest BCUT2D eigenvalue weighted by molar-refractivity contribution is 0.181. The molecular weight excluding hydrogens is 324 g/mol. The molecule has 0 unspecified atom stereocenters. The fourth-order valence-corrected chi connectivity index (χ4v) is 4.22. The number of nitriles is 1. The van der Waals surface area contributed by atoms with Gasteiger partial charge in [0.1, 0.15) is 0 Å². The van der Waals surface area contributed by atoms with Gasteiger partial charge in [0.05, 0.1) is 16.5 Å². The number of aromatic nitrogens is 1. The number of benzene rings is 1. The predicted octanol–water partition coefficient (Wildman–Crippen LogP) is 1.46. The number of sulfonamides is 1. The second-order valence-electron chi connectivity index (χ2n) is 5.68. The first-order valence-electron chi connectivity index (χ1n) is 7.71. The Bertz CT molecular complexity index is 838. The second kappa shape index (κ2) is 7.09. The van der Waals surface area contributed by atoms with Crippen LogP contribution in [-0.2, 0) is 16.6 Å². The molecule has 1 aliphatic rings. The molecular formula is C17H18N4O2S. The normalized spacial score (nSPS) is 16.6. The summed E-state index contributed by atoms with van der Waals surface area (Å²) in [6.07, 6.45) is 3.57. The van der Waals surface area contributed by atoms with Crippen molar-refractivity contribution < 1.29 is 8.42 Å². The van der Waals surface area contributed by atoms with Crippen LogP contribution in [0.5, 0.6) is 0 Å². The fraction of sp³-hybridized carbons (Fsp3) is 0.294. The van der Waals surface area contributed by atoms with Gasteiger partial charge in [-0.2, -0.15) is 9.57 Å². The third-order valence-electron chi connectivity index (χ3n) is 4.06. The van der Waals surface area contributed by atoms with E-state index in [-0.39, 0.29) is 4.90 Å². The van der Waals surface area contributed by atoms with Gasteiger partial charge in [0, 0.05) is 45.1 Å². The number of piperazine rings is 1. The molecule has 0 spiro atoms. The lowest BCUT2D eigenvalue weighted by Gasteiger charge is -2.33. The highest BCUT2D eigenvalue weighted by atomic mass is 32.2. The van der Waals surface area contributed by atoms with Crippen molar-refractivity contribution in [1.82, 2.24) is 14.2 Å². The zero-order valence-corrected chi connectivity index (χ0v) is 14.0. The van der Waals surface area contributed by atoms with E-state index in [1.54, 1.807) is 18.3 Å². The van der Waals surface area contributed by atoms with E-state index >= 15 is 0 Å². The molecule has 3 rings (SSSR count). The predicted molar refractivity (Wildman–Crippen MR) is 89.4 cm³/mol. The minimum atomic E-state index is -3.55. The molecule has 6 nitrogen and oxygen atoms in total. The first kappa shape index (κ1) is 16.6. The van der Waals surface area contributed by atoms with Crippen molar-refractivity contribution in [3.63, 3.8) is 0 Å². The van der Waals surface area contributed by atoms with Gasteiger partial charge in [-0.15, -0.1) is 0 Å². The van der Waals surface area contributed by atoms with E-state index in [4.69, 9.17) is 5.26 Å². The number of hydrogen-bond acceptors (Lipinski definition) is 5. The molecule has 7 heteroatoms. The smallest absolute Gasteiger partial charge is 0.243 e. The van der Waals surface area contributed by atoms with Crippen molar-refractivity contribution in [2.75, 3.05) is 26.2 Å². The van der Waals surface area contributed by atoms with Crippen LogP contribution < -0.4 is 0 Å². The molecule has 0 bridgehead atoms. The molecule has 0 atom stereocenters. The van der Waals surface area contributed by atoms with Crippen LogP contribution in [0.4, 0.5) is 0 Å². The van der Waals surface area contributed by atoms with Crippen LogP contribution in [-0.4, -0.2) is 48.8 Å². The van der Waals surface area contributed by atoms with E-state index < -0.39 is 10.0 Å². The van der Waals surface area contributed by atoms with Gasteiger partial charge in [0.2, 0.25) is 10.0 Å². The second-order valence-corrected chi connectivity index (χ2v) is 7.62.